The fourth-order valence-electron chi connectivity index (χ4n) is 3.29. The van der Waals surface area contributed by atoms with Gasteiger partial charge in [0.1, 0.15) is 0 Å². The normalized spacial score (nSPS) is 29.6. The number of ether oxygens (including phenoxy) is 1. The van der Waals surface area contributed by atoms with Crippen molar-refractivity contribution in [1.29, 1.82) is 0 Å². The van der Waals surface area contributed by atoms with Crippen molar-refractivity contribution >= 4 is 0 Å². The first-order valence-corrected chi connectivity index (χ1v) is 8.81. The fourth-order valence-corrected chi connectivity index (χ4v) is 3.29. The minimum Gasteiger partial charge on any atom is -0.380 e. The molecule has 1 aliphatic heterocycles. The summed E-state index contributed by atoms with van der Waals surface area (Å²) in [6, 6.07) is 1.44. The summed E-state index contributed by atoms with van der Waals surface area (Å²) in [5, 5.41) is 3.80. The van der Waals surface area contributed by atoms with E-state index < -0.39 is 0 Å². The summed E-state index contributed by atoms with van der Waals surface area (Å²) < 4.78 is 5.79. The molecule has 2 rings (SSSR count). The summed E-state index contributed by atoms with van der Waals surface area (Å²) in [6.45, 7) is 12.3. The first kappa shape index (κ1) is 16.3. The van der Waals surface area contributed by atoms with Crippen molar-refractivity contribution in [3.63, 3.8) is 0 Å². The highest BCUT2D eigenvalue weighted by Gasteiger charge is 2.38. The zero-order chi connectivity index (χ0) is 14.4. The number of unbranched alkanes of at least 4 members (excludes halogenated alkanes) is 1. The van der Waals surface area contributed by atoms with E-state index in [-0.39, 0.29) is 0 Å². The van der Waals surface area contributed by atoms with Gasteiger partial charge in [-0.05, 0) is 31.1 Å². The molecular weight excluding hydrogens is 248 g/mol. The van der Waals surface area contributed by atoms with E-state index >= 15 is 0 Å². The van der Waals surface area contributed by atoms with Gasteiger partial charge in [0.25, 0.3) is 0 Å². The zero-order valence-corrected chi connectivity index (χ0v) is 13.7. The van der Waals surface area contributed by atoms with Gasteiger partial charge in [-0.2, -0.15) is 0 Å². The van der Waals surface area contributed by atoms with E-state index in [9.17, 15) is 0 Å². The van der Waals surface area contributed by atoms with Gasteiger partial charge in [0.05, 0.1) is 6.61 Å². The Hall–Kier alpha value is -0.120. The number of nitrogens with zero attached hydrogens (tertiary/aromatic N) is 1. The van der Waals surface area contributed by atoms with Crippen LogP contribution in [0.25, 0.3) is 0 Å². The summed E-state index contributed by atoms with van der Waals surface area (Å²) in [6.07, 6.45) is 6.57. The Bertz CT molecular complexity index is 268. The van der Waals surface area contributed by atoms with Gasteiger partial charge in [-0.3, -0.25) is 4.90 Å². The Kier molecular flexibility index (Phi) is 6.79. The monoisotopic (exact) mass is 282 g/mol. The third kappa shape index (κ3) is 4.71. The summed E-state index contributed by atoms with van der Waals surface area (Å²) in [7, 11) is 0. The molecule has 0 spiro atoms. The molecule has 0 aromatic rings. The summed E-state index contributed by atoms with van der Waals surface area (Å²) in [4.78, 5) is 2.71. The van der Waals surface area contributed by atoms with Gasteiger partial charge in [0.2, 0.25) is 0 Å². The molecule has 118 valence electrons. The number of rotatable bonds is 9. The standard InChI is InChI=1S/C17H34N2O/c1-4-6-10-20-11-9-19-13-16(15-7-8-15)18-12-17(19)14(3)5-2/h14-18H,4-13H2,1-3H3. The molecule has 0 radical (unpaired) electrons. The van der Waals surface area contributed by atoms with Crippen molar-refractivity contribution in [3.8, 4) is 0 Å². The molecule has 0 bridgehead atoms. The average Bonchev–Trinajstić information content (AvgIpc) is 3.31. The molecule has 1 saturated heterocycles. The van der Waals surface area contributed by atoms with E-state index in [1.807, 2.05) is 0 Å². The van der Waals surface area contributed by atoms with Gasteiger partial charge in [-0.1, -0.05) is 33.6 Å². The number of nitrogens with one attached hydrogen (secondary N) is 1. The van der Waals surface area contributed by atoms with Crippen molar-refractivity contribution in [3.05, 3.63) is 0 Å². The summed E-state index contributed by atoms with van der Waals surface area (Å²) in [5.41, 5.74) is 0. The Morgan fingerprint density at radius 3 is 2.70 bits per heavy atom. The van der Waals surface area contributed by atoms with Crippen LogP contribution in [0.5, 0.6) is 0 Å². The zero-order valence-electron chi connectivity index (χ0n) is 13.7. The highest BCUT2D eigenvalue weighted by molar-refractivity contribution is 4.95. The van der Waals surface area contributed by atoms with E-state index in [4.69, 9.17) is 4.74 Å². The smallest absolute Gasteiger partial charge is 0.0593 e. The van der Waals surface area contributed by atoms with Crippen molar-refractivity contribution in [1.82, 2.24) is 10.2 Å². The molecule has 0 aromatic carbocycles. The highest BCUT2D eigenvalue weighted by atomic mass is 16.5. The molecule has 20 heavy (non-hydrogen) atoms. The van der Waals surface area contributed by atoms with Crippen LogP contribution in [-0.4, -0.2) is 49.8 Å². The molecule has 2 aliphatic rings. The van der Waals surface area contributed by atoms with Crippen LogP contribution in [0.4, 0.5) is 0 Å². The first-order chi connectivity index (χ1) is 9.76. The lowest BCUT2D eigenvalue weighted by Crippen LogP contribution is -2.59. The molecule has 3 unspecified atom stereocenters. The van der Waals surface area contributed by atoms with Crippen molar-refractivity contribution < 1.29 is 4.74 Å². The number of hydrogen-bond donors (Lipinski definition) is 1. The van der Waals surface area contributed by atoms with Crippen LogP contribution in [0.3, 0.4) is 0 Å². The van der Waals surface area contributed by atoms with Gasteiger partial charge < -0.3 is 10.1 Å². The second kappa shape index (κ2) is 8.35. The van der Waals surface area contributed by atoms with E-state index in [2.05, 4.69) is 31.0 Å². The van der Waals surface area contributed by atoms with Gasteiger partial charge >= 0.3 is 0 Å². The third-order valence-corrected chi connectivity index (χ3v) is 5.15. The predicted molar refractivity (Wildman–Crippen MR) is 85.1 cm³/mol. The maximum absolute atomic E-state index is 5.79. The van der Waals surface area contributed by atoms with Gasteiger partial charge in [-0.25, -0.2) is 0 Å². The maximum Gasteiger partial charge on any atom is 0.0593 e. The maximum atomic E-state index is 5.79. The molecule has 2 fully saturated rings. The van der Waals surface area contributed by atoms with Gasteiger partial charge in [0, 0.05) is 38.3 Å². The molecule has 1 saturated carbocycles. The van der Waals surface area contributed by atoms with Crippen LogP contribution in [0.15, 0.2) is 0 Å². The van der Waals surface area contributed by atoms with Gasteiger partial charge in [0.15, 0.2) is 0 Å². The molecule has 1 N–H and O–H groups in total. The lowest BCUT2D eigenvalue weighted by Gasteiger charge is -2.43. The van der Waals surface area contributed by atoms with E-state index in [1.165, 1.54) is 45.2 Å². The van der Waals surface area contributed by atoms with Crippen LogP contribution >= 0.6 is 0 Å². The highest BCUT2D eigenvalue weighted by Crippen LogP contribution is 2.34. The minimum atomic E-state index is 0.699. The number of piperazine rings is 1. The molecule has 1 heterocycles. The molecule has 0 amide bonds. The van der Waals surface area contributed by atoms with Crippen molar-refractivity contribution in [2.45, 2.75) is 65.0 Å². The second-order valence-electron chi connectivity index (χ2n) is 6.77. The average molecular weight is 282 g/mol. The Morgan fingerprint density at radius 1 is 1.25 bits per heavy atom. The van der Waals surface area contributed by atoms with Crippen LogP contribution in [0.1, 0.15) is 52.9 Å². The van der Waals surface area contributed by atoms with Crippen LogP contribution in [0.2, 0.25) is 0 Å². The topological polar surface area (TPSA) is 24.5 Å². The van der Waals surface area contributed by atoms with E-state index in [1.54, 1.807) is 0 Å². The summed E-state index contributed by atoms with van der Waals surface area (Å²) >= 11 is 0. The van der Waals surface area contributed by atoms with Crippen LogP contribution in [0, 0.1) is 11.8 Å². The molecule has 0 aromatic heterocycles. The Labute approximate surface area is 125 Å². The molecular formula is C17H34N2O. The second-order valence-corrected chi connectivity index (χ2v) is 6.77. The predicted octanol–water partition coefficient (Wildman–Crippen LogP) is 2.90. The van der Waals surface area contributed by atoms with E-state index in [0.29, 0.717) is 6.04 Å². The molecule has 3 atom stereocenters. The van der Waals surface area contributed by atoms with Crippen molar-refractivity contribution in [2.24, 2.45) is 11.8 Å². The fraction of sp³-hybridized carbons (Fsp3) is 1.00. The molecule has 3 nitrogen and oxygen atoms in total. The first-order valence-electron chi connectivity index (χ1n) is 8.81. The lowest BCUT2D eigenvalue weighted by atomic mass is 9.93. The lowest BCUT2D eigenvalue weighted by molar-refractivity contribution is 0.0429. The largest absolute Gasteiger partial charge is 0.380 e. The van der Waals surface area contributed by atoms with Crippen molar-refractivity contribution in [2.75, 3.05) is 32.8 Å². The minimum absolute atomic E-state index is 0.699. The molecule has 1 aliphatic carbocycles. The third-order valence-electron chi connectivity index (χ3n) is 5.15. The Balaban J connectivity index is 1.78. The van der Waals surface area contributed by atoms with E-state index in [0.717, 1.165) is 37.6 Å². The van der Waals surface area contributed by atoms with Crippen LogP contribution in [-0.2, 0) is 4.74 Å². The Morgan fingerprint density at radius 2 is 2.05 bits per heavy atom. The van der Waals surface area contributed by atoms with Crippen LogP contribution < -0.4 is 5.32 Å². The summed E-state index contributed by atoms with van der Waals surface area (Å²) in [5.74, 6) is 1.73. The number of hydrogen-bond acceptors (Lipinski definition) is 3. The van der Waals surface area contributed by atoms with Gasteiger partial charge in [-0.15, -0.1) is 0 Å². The SMILES string of the molecule is CCCCOCCN1CC(C2CC2)NCC1C(C)CC. The quantitative estimate of drug-likeness (QED) is 0.658. The molecule has 3 heteroatoms.